The lowest BCUT2D eigenvalue weighted by Gasteiger charge is -2.19. The van der Waals surface area contributed by atoms with Crippen molar-refractivity contribution < 1.29 is 4.43 Å². The second-order valence-corrected chi connectivity index (χ2v) is 10.5. The van der Waals surface area contributed by atoms with Gasteiger partial charge in [0.1, 0.15) is 0 Å². The van der Waals surface area contributed by atoms with Crippen LogP contribution in [-0.4, -0.2) is 31.5 Å². The van der Waals surface area contributed by atoms with Crippen LogP contribution in [0, 0.1) is 0 Å². The van der Waals surface area contributed by atoms with Gasteiger partial charge in [0.15, 0.2) is 8.32 Å². The molecule has 0 atom stereocenters. The third kappa shape index (κ3) is 7.03. The van der Waals surface area contributed by atoms with Crippen LogP contribution in [0.3, 0.4) is 0 Å². The maximum Gasteiger partial charge on any atom is 0.186 e. The molecule has 0 aromatic heterocycles. The van der Waals surface area contributed by atoms with E-state index < -0.39 is 8.32 Å². The molecule has 0 rings (SSSR count). The highest BCUT2D eigenvalue weighted by Crippen LogP contribution is 2.13. The first-order valence-electron chi connectivity index (χ1n) is 4.87. The highest BCUT2D eigenvalue weighted by molar-refractivity contribution is 6.71. The summed E-state index contributed by atoms with van der Waals surface area (Å²) < 4.78 is 5.47. The second kappa shape index (κ2) is 6.83. The Labute approximate surface area is 79.8 Å². The van der Waals surface area contributed by atoms with E-state index in [9.17, 15) is 0 Å². The fourth-order valence-electron chi connectivity index (χ4n) is 1.15. The van der Waals surface area contributed by atoms with E-state index in [-0.39, 0.29) is 9.52 Å². The Morgan fingerprint density at radius 1 is 1.33 bits per heavy atom. The minimum atomic E-state index is -1.25. The summed E-state index contributed by atoms with van der Waals surface area (Å²) in [4.78, 5) is 0. The van der Waals surface area contributed by atoms with Crippen LogP contribution in [0.4, 0.5) is 0 Å². The van der Waals surface area contributed by atoms with Crippen LogP contribution in [0.25, 0.3) is 0 Å². The van der Waals surface area contributed by atoms with Gasteiger partial charge in [-0.15, -0.1) is 0 Å². The van der Waals surface area contributed by atoms with E-state index in [4.69, 9.17) is 10.2 Å². The first-order chi connectivity index (χ1) is 5.62. The van der Waals surface area contributed by atoms with Crippen molar-refractivity contribution in [3.63, 3.8) is 0 Å². The Morgan fingerprint density at radius 3 is 2.50 bits per heavy atom. The van der Waals surface area contributed by atoms with Crippen molar-refractivity contribution in [2.75, 3.05) is 13.7 Å². The van der Waals surface area contributed by atoms with Gasteiger partial charge in [0.25, 0.3) is 0 Å². The molecule has 2 N–H and O–H groups in total. The first-order valence-corrected chi connectivity index (χ1v) is 9.99. The zero-order valence-corrected chi connectivity index (χ0v) is 11.1. The molecule has 4 heteroatoms. The monoisotopic (exact) mass is 205 g/mol. The average molecular weight is 205 g/mol. The first kappa shape index (κ1) is 12.4. The van der Waals surface area contributed by atoms with E-state index in [0.717, 1.165) is 6.54 Å². The third-order valence-corrected chi connectivity index (χ3v) is 6.86. The van der Waals surface area contributed by atoms with Gasteiger partial charge >= 0.3 is 0 Å². The van der Waals surface area contributed by atoms with Gasteiger partial charge in [0.05, 0.1) is 0 Å². The Morgan fingerprint density at radius 2 is 2.00 bits per heavy atom. The van der Waals surface area contributed by atoms with Crippen molar-refractivity contribution in [3.05, 3.63) is 0 Å². The van der Waals surface area contributed by atoms with Crippen molar-refractivity contribution in [2.24, 2.45) is 5.73 Å². The second-order valence-electron chi connectivity index (χ2n) is 3.92. The molecule has 0 radical (unpaired) electrons. The number of hydrogen-bond donors (Lipinski definition) is 1. The Bertz CT molecular complexity index is 109. The van der Waals surface area contributed by atoms with E-state index in [1.165, 1.54) is 24.6 Å². The van der Waals surface area contributed by atoms with Gasteiger partial charge in [0.2, 0.25) is 0 Å². The fourth-order valence-corrected chi connectivity index (χ4v) is 4.20. The summed E-state index contributed by atoms with van der Waals surface area (Å²) in [6.07, 6.45) is 1.37. The van der Waals surface area contributed by atoms with E-state index in [1.54, 1.807) is 0 Å². The molecule has 0 aliphatic carbocycles. The standard InChI is InChI=1S/C8H23NOSi2/c1-10-12(2,3)8-4-6-11-7-5-9/h4-9,11H2,1-3H3. The average Bonchev–Trinajstić information content (AvgIpc) is 2.04. The Balaban J connectivity index is 3.19. The minimum absolute atomic E-state index is 0.176. The van der Waals surface area contributed by atoms with Gasteiger partial charge in [-0.05, 0) is 25.7 Å². The van der Waals surface area contributed by atoms with Gasteiger partial charge in [-0.1, -0.05) is 18.5 Å². The van der Waals surface area contributed by atoms with Crippen LogP contribution >= 0.6 is 0 Å². The topological polar surface area (TPSA) is 35.2 Å². The zero-order valence-electron chi connectivity index (χ0n) is 8.73. The van der Waals surface area contributed by atoms with Crippen molar-refractivity contribution in [2.45, 2.75) is 37.6 Å². The van der Waals surface area contributed by atoms with Crippen molar-refractivity contribution >= 4 is 17.8 Å². The molecule has 0 bridgehead atoms. The maximum atomic E-state index is 5.47. The lowest BCUT2D eigenvalue weighted by atomic mass is 10.6. The molecule has 0 saturated heterocycles. The summed E-state index contributed by atoms with van der Waals surface area (Å²) >= 11 is 0. The van der Waals surface area contributed by atoms with Gasteiger partial charge in [-0.3, -0.25) is 0 Å². The Hall–Kier alpha value is 0.354. The molecule has 0 aromatic rings. The summed E-state index contributed by atoms with van der Waals surface area (Å²) in [6, 6.07) is 4.09. The van der Waals surface area contributed by atoms with E-state index >= 15 is 0 Å². The number of rotatable bonds is 7. The SMILES string of the molecule is CO[Si](C)(C)CCC[SiH2]CCN. The highest BCUT2D eigenvalue weighted by Gasteiger charge is 2.18. The van der Waals surface area contributed by atoms with Crippen LogP contribution in [0.5, 0.6) is 0 Å². The summed E-state index contributed by atoms with van der Waals surface area (Å²) in [5.41, 5.74) is 5.44. The van der Waals surface area contributed by atoms with Gasteiger partial charge in [-0.2, -0.15) is 0 Å². The third-order valence-electron chi connectivity index (χ3n) is 2.29. The van der Waals surface area contributed by atoms with E-state index in [1.807, 2.05) is 7.11 Å². The predicted molar refractivity (Wildman–Crippen MR) is 61.1 cm³/mol. The van der Waals surface area contributed by atoms with Crippen LogP contribution in [0.2, 0.25) is 31.2 Å². The molecule has 0 fully saturated rings. The molecule has 0 spiro atoms. The van der Waals surface area contributed by atoms with Crippen LogP contribution in [0.1, 0.15) is 6.42 Å². The molecule has 0 aliphatic rings. The normalized spacial score (nSPS) is 13.0. The lowest BCUT2D eigenvalue weighted by Crippen LogP contribution is -2.28. The summed E-state index contributed by atoms with van der Waals surface area (Å²) in [5, 5.41) is 0. The summed E-state index contributed by atoms with van der Waals surface area (Å²) in [5.74, 6) is 0. The summed E-state index contributed by atoms with van der Waals surface area (Å²) in [6.45, 7) is 5.48. The van der Waals surface area contributed by atoms with Crippen molar-refractivity contribution in [3.8, 4) is 0 Å². The molecule has 0 unspecified atom stereocenters. The van der Waals surface area contributed by atoms with Gasteiger partial charge in [-0.25, -0.2) is 0 Å². The lowest BCUT2D eigenvalue weighted by molar-refractivity contribution is 0.403. The highest BCUT2D eigenvalue weighted by atomic mass is 28.4. The predicted octanol–water partition coefficient (Wildman–Crippen LogP) is 1.19. The molecule has 74 valence electrons. The molecule has 12 heavy (non-hydrogen) atoms. The molecule has 0 aromatic carbocycles. The Kier molecular flexibility index (Phi) is 7.03. The number of hydrogen-bond acceptors (Lipinski definition) is 2. The van der Waals surface area contributed by atoms with Crippen LogP contribution in [0.15, 0.2) is 0 Å². The van der Waals surface area contributed by atoms with Gasteiger partial charge < -0.3 is 10.2 Å². The zero-order chi connectivity index (χ0) is 9.45. The van der Waals surface area contributed by atoms with Crippen LogP contribution in [-0.2, 0) is 4.43 Å². The molecule has 0 amide bonds. The molecular formula is C8H23NOSi2. The summed E-state index contributed by atoms with van der Waals surface area (Å²) in [7, 11) is 0.781. The van der Waals surface area contributed by atoms with E-state index in [2.05, 4.69) is 13.1 Å². The molecular weight excluding hydrogens is 182 g/mol. The van der Waals surface area contributed by atoms with Crippen LogP contribution < -0.4 is 5.73 Å². The minimum Gasteiger partial charge on any atom is -0.420 e. The smallest absolute Gasteiger partial charge is 0.186 e. The van der Waals surface area contributed by atoms with Gasteiger partial charge in [0, 0.05) is 16.6 Å². The fraction of sp³-hybridized carbons (Fsp3) is 1.00. The van der Waals surface area contributed by atoms with Crippen molar-refractivity contribution in [1.82, 2.24) is 0 Å². The largest absolute Gasteiger partial charge is 0.420 e. The molecule has 2 nitrogen and oxygen atoms in total. The van der Waals surface area contributed by atoms with Crippen molar-refractivity contribution in [1.29, 1.82) is 0 Å². The molecule has 0 saturated carbocycles. The quantitative estimate of drug-likeness (QED) is 0.501. The molecule has 0 aliphatic heterocycles. The maximum absolute atomic E-state index is 5.47. The molecule has 0 heterocycles. The number of nitrogens with two attached hydrogens (primary N) is 1. The van der Waals surface area contributed by atoms with E-state index in [0.29, 0.717) is 0 Å².